The first kappa shape index (κ1) is 24.2. The van der Waals surface area contributed by atoms with Gasteiger partial charge in [-0.2, -0.15) is 8.42 Å². The summed E-state index contributed by atoms with van der Waals surface area (Å²) in [5, 5.41) is 26.8. The van der Waals surface area contributed by atoms with E-state index >= 15 is 0 Å². The molecule has 0 aromatic rings. The van der Waals surface area contributed by atoms with Gasteiger partial charge >= 0.3 is 0 Å². The van der Waals surface area contributed by atoms with Gasteiger partial charge in [-0.1, -0.05) is 6.58 Å². The Bertz CT molecular complexity index is 425. The SMILES string of the molecule is C=C(C)C(=O)NCC(C)S(=O)(=O)O.OCCN(CCO)CCO. The molecule has 0 aromatic carbocycles. The van der Waals surface area contributed by atoms with Gasteiger partial charge in [0.1, 0.15) is 5.25 Å². The van der Waals surface area contributed by atoms with Crippen LogP contribution in [0.3, 0.4) is 0 Å². The van der Waals surface area contributed by atoms with E-state index in [1.54, 1.807) is 4.90 Å². The van der Waals surface area contributed by atoms with Crippen molar-refractivity contribution < 1.29 is 33.1 Å². The Hall–Kier alpha value is -1.04. The number of rotatable bonds is 10. The van der Waals surface area contributed by atoms with Crippen LogP contribution in [0.15, 0.2) is 12.2 Å². The van der Waals surface area contributed by atoms with Crippen molar-refractivity contribution in [3.63, 3.8) is 0 Å². The van der Waals surface area contributed by atoms with Crippen molar-refractivity contribution in [2.24, 2.45) is 0 Å². The van der Waals surface area contributed by atoms with Crippen molar-refractivity contribution in [3.8, 4) is 0 Å². The fourth-order valence-electron chi connectivity index (χ4n) is 1.25. The highest BCUT2D eigenvalue weighted by Gasteiger charge is 2.17. The highest BCUT2D eigenvalue weighted by molar-refractivity contribution is 7.86. The number of carbonyl (C=O) groups is 1. The maximum absolute atomic E-state index is 10.9. The summed E-state index contributed by atoms with van der Waals surface area (Å²) in [5.74, 6) is -0.421. The summed E-state index contributed by atoms with van der Waals surface area (Å²) in [4.78, 5) is 12.7. The van der Waals surface area contributed by atoms with Gasteiger partial charge in [-0.05, 0) is 13.8 Å². The van der Waals surface area contributed by atoms with Gasteiger partial charge < -0.3 is 20.6 Å². The maximum atomic E-state index is 10.9. The van der Waals surface area contributed by atoms with E-state index in [2.05, 4.69) is 11.9 Å². The summed E-state index contributed by atoms with van der Waals surface area (Å²) in [6.07, 6.45) is 0. The molecular weight excluding hydrogens is 328 g/mol. The molecule has 138 valence electrons. The third-order valence-corrected chi connectivity index (χ3v) is 3.88. The highest BCUT2D eigenvalue weighted by atomic mass is 32.2. The number of hydrogen-bond donors (Lipinski definition) is 5. The topological polar surface area (TPSA) is 147 Å². The second-order valence-electron chi connectivity index (χ2n) is 4.83. The first-order chi connectivity index (χ1) is 10.6. The van der Waals surface area contributed by atoms with Crippen molar-refractivity contribution in [2.45, 2.75) is 19.1 Å². The molecule has 23 heavy (non-hydrogen) atoms. The van der Waals surface area contributed by atoms with Crippen LogP contribution in [0.2, 0.25) is 0 Å². The Labute approximate surface area is 137 Å². The molecular formula is C13H28N2O7S. The van der Waals surface area contributed by atoms with Crippen molar-refractivity contribution >= 4 is 16.0 Å². The molecule has 9 nitrogen and oxygen atoms in total. The van der Waals surface area contributed by atoms with E-state index in [9.17, 15) is 13.2 Å². The third kappa shape index (κ3) is 14.3. The first-order valence-electron chi connectivity index (χ1n) is 7.05. The van der Waals surface area contributed by atoms with E-state index in [0.717, 1.165) is 0 Å². The van der Waals surface area contributed by atoms with Crippen LogP contribution in [-0.2, 0) is 14.9 Å². The molecule has 5 N–H and O–H groups in total. The van der Waals surface area contributed by atoms with Crippen LogP contribution in [0, 0.1) is 0 Å². The average Bonchev–Trinajstić information content (AvgIpc) is 2.44. The summed E-state index contributed by atoms with van der Waals surface area (Å²) >= 11 is 0. The van der Waals surface area contributed by atoms with Gasteiger partial charge in [0.2, 0.25) is 5.91 Å². The lowest BCUT2D eigenvalue weighted by molar-refractivity contribution is -0.117. The van der Waals surface area contributed by atoms with Gasteiger partial charge in [-0.15, -0.1) is 0 Å². The van der Waals surface area contributed by atoms with Crippen LogP contribution in [0.5, 0.6) is 0 Å². The van der Waals surface area contributed by atoms with Crippen molar-refractivity contribution in [3.05, 3.63) is 12.2 Å². The Morgan fingerprint density at radius 1 is 1.13 bits per heavy atom. The molecule has 0 aromatic heterocycles. The fourth-order valence-corrected chi connectivity index (χ4v) is 1.55. The zero-order valence-electron chi connectivity index (χ0n) is 13.6. The molecule has 0 aliphatic heterocycles. The quantitative estimate of drug-likeness (QED) is 0.228. The molecule has 0 heterocycles. The van der Waals surface area contributed by atoms with Crippen LogP contribution in [0.4, 0.5) is 0 Å². The molecule has 1 amide bonds. The molecule has 0 aliphatic rings. The maximum Gasteiger partial charge on any atom is 0.269 e. The number of aliphatic hydroxyl groups is 3. The van der Waals surface area contributed by atoms with Gasteiger partial charge in [0, 0.05) is 31.8 Å². The van der Waals surface area contributed by atoms with E-state index in [4.69, 9.17) is 19.9 Å². The molecule has 1 atom stereocenters. The molecule has 10 heteroatoms. The van der Waals surface area contributed by atoms with Gasteiger partial charge in [0.15, 0.2) is 0 Å². The smallest absolute Gasteiger partial charge is 0.269 e. The predicted molar refractivity (Wildman–Crippen MR) is 86.5 cm³/mol. The minimum absolute atomic E-state index is 0.0694. The third-order valence-electron chi connectivity index (χ3n) is 2.69. The van der Waals surface area contributed by atoms with E-state index in [1.807, 2.05) is 0 Å². The summed E-state index contributed by atoms with van der Waals surface area (Å²) < 4.78 is 29.5. The summed E-state index contributed by atoms with van der Waals surface area (Å²) in [7, 11) is -4.07. The zero-order valence-corrected chi connectivity index (χ0v) is 14.4. The molecule has 1 unspecified atom stereocenters. The lowest BCUT2D eigenvalue weighted by Crippen LogP contribution is -2.34. The number of carbonyl (C=O) groups excluding carboxylic acids is 1. The molecule has 0 saturated carbocycles. The molecule has 0 radical (unpaired) electrons. The molecule has 0 fully saturated rings. The summed E-state index contributed by atoms with van der Waals surface area (Å²) in [5.41, 5.74) is 0.294. The average molecular weight is 356 g/mol. The number of aliphatic hydroxyl groups excluding tert-OH is 3. The Kier molecular flexibility index (Phi) is 14.1. The van der Waals surface area contributed by atoms with Crippen molar-refractivity contribution in [2.75, 3.05) is 46.0 Å². The van der Waals surface area contributed by atoms with E-state index in [-0.39, 0.29) is 26.4 Å². The van der Waals surface area contributed by atoms with Crippen LogP contribution in [-0.4, -0.2) is 90.3 Å². The Morgan fingerprint density at radius 3 is 1.78 bits per heavy atom. The molecule has 0 aliphatic carbocycles. The lowest BCUT2D eigenvalue weighted by Gasteiger charge is -2.17. The minimum atomic E-state index is -4.07. The molecule has 0 saturated heterocycles. The Morgan fingerprint density at radius 2 is 1.52 bits per heavy atom. The summed E-state index contributed by atoms with van der Waals surface area (Å²) in [6.45, 7) is 7.81. The standard InChI is InChI=1S/C7H13NO4S.C6H15NO3/c1-5(2)7(9)8-4-6(3)13(10,11)12;8-4-1-7(2-5-9)3-6-10/h6H,1,4H2,2-3H3,(H,8,9)(H,10,11,12);8-10H,1-6H2. The fraction of sp³-hybridized carbons (Fsp3) is 0.769. The summed E-state index contributed by atoms with van der Waals surface area (Å²) in [6, 6.07) is 0. The molecule has 0 spiro atoms. The first-order valence-corrected chi connectivity index (χ1v) is 8.55. The zero-order chi connectivity index (χ0) is 18.5. The van der Waals surface area contributed by atoms with Gasteiger partial charge in [0.25, 0.3) is 10.1 Å². The van der Waals surface area contributed by atoms with Crippen LogP contribution < -0.4 is 5.32 Å². The van der Waals surface area contributed by atoms with E-state index in [1.165, 1.54) is 13.8 Å². The monoisotopic (exact) mass is 356 g/mol. The van der Waals surface area contributed by atoms with Crippen molar-refractivity contribution in [1.82, 2.24) is 10.2 Å². The normalized spacial score (nSPS) is 12.3. The number of amides is 1. The van der Waals surface area contributed by atoms with E-state index < -0.39 is 21.3 Å². The van der Waals surface area contributed by atoms with Crippen LogP contribution in [0.1, 0.15) is 13.8 Å². The van der Waals surface area contributed by atoms with Crippen LogP contribution >= 0.6 is 0 Å². The molecule has 0 rings (SSSR count). The van der Waals surface area contributed by atoms with Gasteiger partial charge in [0.05, 0.1) is 19.8 Å². The van der Waals surface area contributed by atoms with E-state index in [0.29, 0.717) is 25.2 Å². The largest absolute Gasteiger partial charge is 0.395 e. The second kappa shape index (κ2) is 13.4. The van der Waals surface area contributed by atoms with Gasteiger partial charge in [-0.25, -0.2) is 0 Å². The molecule has 0 bridgehead atoms. The highest BCUT2D eigenvalue weighted by Crippen LogP contribution is 1.95. The lowest BCUT2D eigenvalue weighted by atomic mass is 10.3. The minimum Gasteiger partial charge on any atom is -0.395 e. The number of nitrogens with zero attached hydrogens (tertiary/aromatic N) is 1. The number of nitrogens with one attached hydrogen (secondary N) is 1. The second-order valence-corrected chi connectivity index (χ2v) is 6.66. The van der Waals surface area contributed by atoms with Gasteiger partial charge in [-0.3, -0.25) is 14.2 Å². The predicted octanol–water partition coefficient (Wildman–Crippen LogP) is -1.78. The van der Waals surface area contributed by atoms with Crippen molar-refractivity contribution in [1.29, 1.82) is 0 Å². The number of hydrogen-bond acceptors (Lipinski definition) is 7. The Balaban J connectivity index is 0. The van der Waals surface area contributed by atoms with Crippen LogP contribution in [0.25, 0.3) is 0 Å².